The monoisotopic (exact) mass is 137 g/mol. The fraction of sp³-hybridized carbons (Fsp3) is 0.143. The molecule has 0 aliphatic rings. The summed E-state index contributed by atoms with van der Waals surface area (Å²) in [6.07, 6.45) is 4.35. The lowest BCUT2D eigenvalue weighted by Gasteiger charge is -1.89. The van der Waals surface area contributed by atoms with Crippen molar-refractivity contribution in [1.29, 1.82) is 0 Å². The summed E-state index contributed by atoms with van der Waals surface area (Å²) in [6.45, 7) is 0.366. The molecule has 0 aliphatic heterocycles. The van der Waals surface area contributed by atoms with Crippen LogP contribution in [0.1, 0.15) is 0 Å². The molecule has 0 radical (unpaired) electrons. The van der Waals surface area contributed by atoms with E-state index in [1.807, 2.05) is 0 Å². The van der Waals surface area contributed by atoms with Gasteiger partial charge in [0.05, 0.1) is 5.69 Å². The van der Waals surface area contributed by atoms with Crippen LogP contribution in [0.2, 0.25) is 0 Å². The summed E-state index contributed by atoms with van der Waals surface area (Å²) in [5.41, 5.74) is 6.12. The van der Waals surface area contributed by atoms with E-state index in [1.165, 1.54) is 0 Å². The molecule has 0 aromatic carbocycles. The number of rotatable bonds is 2. The molecule has 1 rings (SSSR count). The molecule has 10 heavy (non-hydrogen) atoms. The van der Waals surface area contributed by atoms with Crippen molar-refractivity contribution in [3.63, 3.8) is 0 Å². The molecule has 0 unspecified atom stereocenters. The van der Waals surface area contributed by atoms with E-state index in [4.69, 9.17) is 5.73 Å². The highest BCUT2D eigenvalue weighted by molar-refractivity contribution is 5.46. The zero-order valence-electron chi connectivity index (χ0n) is 5.53. The third kappa shape index (κ3) is 1.55. The smallest absolute Gasteiger partial charge is 0.203 e. The first-order valence-corrected chi connectivity index (χ1v) is 3.01. The first-order chi connectivity index (χ1) is 4.83. The zero-order chi connectivity index (χ0) is 7.40. The molecular formula is C7H9N2O+. The Balaban J connectivity index is 2.84. The highest BCUT2D eigenvalue weighted by atomic mass is 16.1. The Hall–Kier alpha value is -1.38. The number of nitrogen functional groups attached to an aromatic ring is 1. The highest BCUT2D eigenvalue weighted by Gasteiger charge is 1.96. The summed E-state index contributed by atoms with van der Waals surface area (Å²) >= 11 is 0. The van der Waals surface area contributed by atoms with Crippen molar-refractivity contribution in [1.82, 2.24) is 0 Å². The Kier molecular flexibility index (Phi) is 1.99. The number of nitrogens with two attached hydrogens (primary N) is 1. The van der Waals surface area contributed by atoms with Gasteiger partial charge < -0.3 is 5.73 Å². The summed E-state index contributed by atoms with van der Waals surface area (Å²) in [7, 11) is 0. The SMILES string of the molecule is Nc1ccc[n+](CC=O)c1. The van der Waals surface area contributed by atoms with Gasteiger partial charge in [0.1, 0.15) is 0 Å². The summed E-state index contributed by atoms with van der Waals surface area (Å²) < 4.78 is 1.72. The fourth-order valence-corrected chi connectivity index (χ4v) is 0.742. The molecule has 52 valence electrons. The second kappa shape index (κ2) is 2.96. The maximum absolute atomic E-state index is 10.0. The van der Waals surface area contributed by atoms with Gasteiger partial charge in [-0.25, -0.2) is 0 Å². The third-order valence-corrected chi connectivity index (χ3v) is 1.17. The Morgan fingerprint density at radius 3 is 3.10 bits per heavy atom. The summed E-state index contributed by atoms with van der Waals surface area (Å²) in [5.74, 6) is 0. The predicted molar refractivity (Wildman–Crippen MR) is 37.1 cm³/mol. The number of hydrogen-bond donors (Lipinski definition) is 1. The molecule has 0 spiro atoms. The lowest BCUT2D eigenvalue weighted by atomic mass is 10.4. The van der Waals surface area contributed by atoms with Gasteiger partial charge in [-0.15, -0.1) is 0 Å². The quantitative estimate of drug-likeness (QED) is 0.451. The number of carbonyl (C=O) groups excluding carboxylic acids is 1. The first-order valence-electron chi connectivity index (χ1n) is 3.01. The zero-order valence-corrected chi connectivity index (χ0v) is 5.53. The molecule has 0 amide bonds. The van der Waals surface area contributed by atoms with Gasteiger partial charge in [-0.05, 0) is 6.07 Å². The van der Waals surface area contributed by atoms with Crippen LogP contribution in [0, 0.1) is 0 Å². The normalized spacial score (nSPS) is 9.20. The predicted octanol–water partition coefficient (Wildman–Crippen LogP) is -0.245. The van der Waals surface area contributed by atoms with E-state index in [9.17, 15) is 4.79 Å². The number of nitrogens with zero attached hydrogens (tertiary/aromatic N) is 1. The third-order valence-electron chi connectivity index (χ3n) is 1.17. The van der Waals surface area contributed by atoms with Crippen LogP contribution in [0.15, 0.2) is 24.5 Å². The lowest BCUT2D eigenvalue weighted by Crippen LogP contribution is -2.33. The van der Waals surface area contributed by atoms with Crippen molar-refractivity contribution in [3.05, 3.63) is 24.5 Å². The van der Waals surface area contributed by atoms with E-state index < -0.39 is 0 Å². The van der Waals surface area contributed by atoms with Crippen LogP contribution in [-0.2, 0) is 11.3 Å². The van der Waals surface area contributed by atoms with Crippen LogP contribution in [-0.4, -0.2) is 6.29 Å². The Bertz CT molecular complexity index is 235. The summed E-state index contributed by atoms with van der Waals surface area (Å²) in [5, 5.41) is 0. The molecule has 3 heteroatoms. The molecular weight excluding hydrogens is 128 g/mol. The Morgan fingerprint density at radius 1 is 1.70 bits per heavy atom. The van der Waals surface area contributed by atoms with Crippen molar-refractivity contribution in [2.45, 2.75) is 6.54 Å². The van der Waals surface area contributed by atoms with Crippen LogP contribution in [0.25, 0.3) is 0 Å². The molecule has 0 aliphatic carbocycles. The van der Waals surface area contributed by atoms with E-state index in [0.717, 1.165) is 6.29 Å². The van der Waals surface area contributed by atoms with Gasteiger partial charge in [-0.1, -0.05) is 0 Å². The first kappa shape index (κ1) is 6.74. The minimum Gasteiger partial charge on any atom is -0.394 e. The number of aldehydes is 1. The molecule has 0 saturated heterocycles. The van der Waals surface area contributed by atoms with Crippen LogP contribution in [0.3, 0.4) is 0 Å². The second-order valence-corrected chi connectivity index (χ2v) is 2.00. The van der Waals surface area contributed by atoms with Gasteiger partial charge in [0.25, 0.3) is 0 Å². The van der Waals surface area contributed by atoms with Gasteiger partial charge in [-0.2, -0.15) is 4.57 Å². The number of anilines is 1. The molecule has 0 bridgehead atoms. The van der Waals surface area contributed by atoms with Crippen LogP contribution >= 0.6 is 0 Å². The number of carbonyl (C=O) groups is 1. The molecule has 1 heterocycles. The number of hydrogen-bond acceptors (Lipinski definition) is 2. The van der Waals surface area contributed by atoms with E-state index >= 15 is 0 Å². The largest absolute Gasteiger partial charge is 0.394 e. The highest BCUT2D eigenvalue weighted by Crippen LogP contribution is 1.91. The van der Waals surface area contributed by atoms with E-state index in [0.29, 0.717) is 12.2 Å². The molecule has 3 nitrogen and oxygen atoms in total. The van der Waals surface area contributed by atoms with Crippen LogP contribution in [0.5, 0.6) is 0 Å². The van der Waals surface area contributed by atoms with Gasteiger partial charge in [-0.3, -0.25) is 4.79 Å². The Labute approximate surface area is 59.1 Å². The van der Waals surface area contributed by atoms with Crippen molar-refractivity contribution < 1.29 is 9.36 Å². The number of aromatic nitrogens is 1. The minimum atomic E-state index is 0.366. The van der Waals surface area contributed by atoms with E-state index in [2.05, 4.69) is 0 Å². The lowest BCUT2D eigenvalue weighted by molar-refractivity contribution is -0.682. The fourth-order valence-electron chi connectivity index (χ4n) is 0.742. The van der Waals surface area contributed by atoms with Crippen molar-refractivity contribution >= 4 is 12.0 Å². The maximum atomic E-state index is 10.0. The Morgan fingerprint density at radius 2 is 2.50 bits per heavy atom. The van der Waals surface area contributed by atoms with Gasteiger partial charge in [0.2, 0.25) is 6.54 Å². The van der Waals surface area contributed by atoms with Gasteiger partial charge >= 0.3 is 0 Å². The van der Waals surface area contributed by atoms with E-state index in [1.54, 1.807) is 29.1 Å². The molecule has 1 aromatic heterocycles. The summed E-state index contributed by atoms with van der Waals surface area (Å²) in [6, 6.07) is 3.58. The van der Waals surface area contributed by atoms with Gasteiger partial charge in [0.15, 0.2) is 18.7 Å². The van der Waals surface area contributed by atoms with Crippen molar-refractivity contribution in [3.8, 4) is 0 Å². The second-order valence-electron chi connectivity index (χ2n) is 2.00. The standard InChI is InChI=1S/C7H9N2O/c8-7-2-1-3-9(6-7)4-5-10/h1-3,5-6H,4,8H2/q+1. The minimum absolute atomic E-state index is 0.366. The van der Waals surface area contributed by atoms with Gasteiger partial charge in [0, 0.05) is 6.07 Å². The van der Waals surface area contributed by atoms with Crippen molar-refractivity contribution in [2.75, 3.05) is 5.73 Å². The average Bonchev–Trinajstić information content (AvgIpc) is 1.88. The van der Waals surface area contributed by atoms with E-state index in [-0.39, 0.29) is 0 Å². The summed E-state index contributed by atoms with van der Waals surface area (Å²) in [4.78, 5) is 10.0. The molecule has 0 fully saturated rings. The maximum Gasteiger partial charge on any atom is 0.203 e. The molecule has 2 N–H and O–H groups in total. The number of pyridine rings is 1. The molecule has 1 aromatic rings. The molecule has 0 saturated carbocycles. The van der Waals surface area contributed by atoms with Crippen LogP contribution < -0.4 is 10.3 Å². The van der Waals surface area contributed by atoms with Crippen LogP contribution in [0.4, 0.5) is 5.69 Å². The van der Waals surface area contributed by atoms with Crippen molar-refractivity contribution in [2.24, 2.45) is 0 Å². The topological polar surface area (TPSA) is 47.0 Å². The average molecular weight is 137 g/mol. The molecule has 0 atom stereocenters.